The van der Waals surface area contributed by atoms with Crippen LogP contribution in [0.1, 0.15) is 18.5 Å². The Morgan fingerprint density at radius 2 is 1.71 bits per heavy atom. The van der Waals surface area contributed by atoms with Gasteiger partial charge in [0.1, 0.15) is 5.75 Å². The quantitative estimate of drug-likeness (QED) is 0.349. The highest BCUT2D eigenvalue weighted by Gasteiger charge is 2.39. The molecular formula is C26H22ClN5O2. The minimum absolute atomic E-state index is 0.272. The van der Waals surface area contributed by atoms with Crippen molar-refractivity contribution >= 4 is 46.5 Å². The number of hydrogen-bond acceptors (Lipinski definition) is 5. The average Bonchev–Trinajstić information content (AvgIpc) is 2.86. The summed E-state index contributed by atoms with van der Waals surface area (Å²) in [6, 6.07) is 23.7. The number of anilines is 5. The summed E-state index contributed by atoms with van der Waals surface area (Å²) in [5, 5.41) is 3.66. The number of halogens is 1. The van der Waals surface area contributed by atoms with Crippen LogP contribution in [0.25, 0.3) is 0 Å². The summed E-state index contributed by atoms with van der Waals surface area (Å²) in [5.74, 6) is 1.53. The fourth-order valence-electron chi connectivity index (χ4n) is 4.00. The highest BCUT2D eigenvalue weighted by molar-refractivity contribution is 6.34. The summed E-state index contributed by atoms with van der Waals surface area (Å²) in [7, 11) is 1.58. The first-order valence-corrected chi connectivity index (χ1v) is 11.2. The van der Waals surface area contributed by atoms with Crippen molar-refractivity contribution < 1.29 is 9.53 Å². The number of aromatic nitrogens is 2. The van der Waals surface area contributed by atoms with E-state index in [1.165, 1.54) is 0 Å². The van der Waals surface area contributed by atoms with Crippen molar-refractivity contribution in [1.29, 1.82) is 0 Å². The molecular weight excluding hydrogens is 450 g/mol. The van der Waals surface area contributed by atoms with Gasteiger partial charge in [-0.3, -0.25) is 4.90 Å². The summed E-state index contributed by atoms with van der Waals surface area (Å²) in [6.07, 6.45) is 1.75. The van der Waals surface area contributed by atoms with E-state index in [1.54, 1.807) is 41.3 Å². The number of amides is 2. The third-order valence-corrected chi connectivity index (χ3v) is 6.02. The monoisotopic (exact) mass is 471 g/mol. The van der Waals surface area contributed by atoms with E-state index < -0.39 is 0 Å². The molecule has 1 N–H and O–H groups in total. The molecule has 7 nitrogen and oxygen atoms in total. The molecule has 1 aliphatic rings. The lowest BCUT2D eigenvalue weighted by Crippen LogP contribution is -2.47. The number of carbonyl (C=O) groups is 1. The van der Waals surface area contributed by atoms with Crippen LogP contribution in [0.2, 0.25) is 5.02 Å². The third kappa shape index (κ3) is 3.91. The first kappa shape index (κ1) is 21.7. The molecule has 5 rings (SSSR count). The summed E-state index contributed by atoms with van der Waals surface area (Å²) in [6.45, 7) is 1.93. The van der Waals surface area contributed by atoms with Crippen LogP contribution in [0.3, 0.4) is 0 Å². The van der Waals surface area contributed by atoms with E-state index in [0.29, 0.717) is 33.9 Å². The van der Waals surface area contributed by atoms with Gasteiger partial charge in [-0.25, -0.2) is 14.7 Å². The van der Waals surface area contributed by atoms with Gasteiger partial charge in [0.15, 0.2) is 5.82 Å². The normalized spacial score (nSPS) is 15.1. The van der Waals surface area contributed by atoms with E-state index in [4.69, 9.17) is 21.3 Å². The number of para-hydroxylation sites is 2. The molecule has 1 aromatic heterocycles. The summed E-state index contributed by atoms with van der Waals surface area (Å²) >= 11 is 6.54. The van der Waals surface area contributed by atoms with Gasteiger partial charge in [-0.05, 0) is 43.3 Å². The number of methoxy groups -OCH3 is 1. The Kier molecular flexibility index (Phi) is 5.77. The van der Waals surface area contributed by atoms with Gasteiger partial charge in [-0.1, -0.05) is 48.0 Å². The molecule has 2 amide bonds. The molecule has 1 atom stereocenters. The van der Waals surface area contributed by atoms with Crippen LogP contribution in [0.15, 0.2) is 85.1 Å². The van der Waals surface area contributed by atoms with Crippen LogP contribution < -0.4 is 19.9 Å². The number of fused-ring (bicyclic) bond motifs is 1. The van der Waals surface area contributed by atoms with Gasteiger partial charge in [0.2, 0.25) is 5.95 Å². The van der Waals surface area contributed by atoms with Crippen molar-refractivity contribution in [2.45, 2.75) is 13.0 Å². The molecule has 8 heteroatoms. The molecule has 34 heavy (non-hydrogen) atoms. The van der Waals surface area contributed by atoms with Gasteiger partial charge in [0.25, 0.3) is 0 Å². The van der Waals surface area contributed by atoms with Gasteiger partial charge in [-0.15, -0.1) is 0 Å². The molecule has 0 spiro atoms. The lowest BCUT2D eigenvalue weighted by atomic mass is 10.0. The van der Waals surface area contributed by atoms with E-state index in [0.717, 1.165) is 11.3 Å². The number of ether oxygens (including phenoxy) is 1. The van der Waals surface area contributed by atoms with Crippen LogP contribution in [-0.2, 0) is 0 Å². The molecule has 0 radical (unpaired) electrons. The number of nitrogens with one attached hydrogen (secondary N) is 1. The van der Waals surface area contributed by atoms with E-state index in [1.807, 2.05) is 67.6 Å². The Hall–Kier alpha value is -4.10. The van der Waals surface area contributed by atoms with Crippen LogP contribution in [0.4, 0.5) is 33.6 Å². The molecule has 2 heterocycles. The largest absolute Gasteiger partial charge is 0.497 e. The zero-order valence-corrected chi connectivity index (χ0v) is 19.4. The Morgan fingerprint density at radius 1 is 1.00 bits per heavy atom. The molecule has 0 bridgehead atoms. The molecule has 0 fully saturated rings. The molecule has 170 valence electrons. The van der Waals surface area contributed by atoms with Crippen molar-refractivity contribution in [2.75, 3.05) is 22.2 Å². The highest BCUT2D eigenvalue weighted by atomic mass is 35.5. The predicted octanol–water partition coefficient (Wildman–Crippen LogP) is 6.72. The summed E-state index contributed by atoms with van der Waals surface area (Å²) < 4.78 is 5.38. The molecule has 1 unspecified atom stereocenters. The zero-order valence-electron chi connectivity index (χ0n) is 18.6. The number of carbonyl (C=O) groups excluding carboxylic acids is 1. The molecule has 0 saturated heterocycles. The highest BCUT2D eigenvalue weighted by Crippen LogP contribution is 2.44. The van der Waals surface area contributed by atoms with Gasteiger partial charge >= 0.3 is 6.03 Å². The number of hydrogen-bond donors (Lipinski definition) is 1. The van der Waals surface area contributed by atoms with Crippen molar-refractivity contribution in [1.82, 2.24) is 9.97 Å². The summed E-state index contributed by atoms with van der Waals surface area (Å²) in [4.78, 5) is 26.5. The van der Waals surface area contributed by atoms with Crippen LogP contribution in [-0.4, -0.2) is 23.1 Å². The van der Waals surface area contributed by atoms with Gasteiger partial charge in [-0.2, -0.15) is 4.98 Å². The van der Waals surface area contributed by atoms with E-state index in [2.05, 4.69) is 10.3 Å². The number of benzene rings is 3. The Balaban J connectivity index is 1.64. The second-order valence-electron chi connectivity index (χ2n) is 7.78. The summed E-state index contributed by atoms with van der Waals surface area (Å²) in [5.41, 5.74) is 2.89. The predicted molar refractivity (Wildman–Crippen MR) is 135 cm³/mol. The lowest BCUT2D eigenvalue weighted by Gasteiger charge is -2.40. The molecule has 3 aromatic carbocycles. The molecule has 0 saturated carbocycles. The first-order chi connectivity index (χ1) is 16.6. The fourth-order valence-corrected chi connectivity index (χ4v) is 4.20. The van der Waals surface area contributed by atoms with Crippen molar-refractivity contribution in [3.8, 4) is 5.75 Å². The molecule has 0 aliphatic carbocycles. The second kappa shape index (κ2) is 9.03. The minimum atomic E-state index is -0.363. The van der Waals surface area contributed by atoms with E-state index >= 15 is 0 Å². The van der Waals surface area contributed by atoms with E-state index in [9.17, 15) is 4.79 Å². The molecule has 1 aliphatic heterocycles. The minimum Gasteiger partial charge on any atom is -0.497 e. The van der Waals surface area contributed by atoms with Gasteiger partial charge in [0, 0.05) is 23.5 Å². The van der Waals surface area contributed by atoms with Crippen molar-refractivity contribution in [3.05, 3.63) is 95.6 Å². The van der Waals surface area contributed by atoms with Gasteiger partial charge in [0.05, 0.1) is 29.5 Å². The average molecular weight is 472 g/mol. The second-order valence-corrected chi connectivity index (χ2v) is 8.19. The van der Waals surface area contributed by atoms with Crippen LogP contribution >= 0.6 is 11.6 Å². The van der Waals surface area contributed by atoms with Gasteiger partial charge < -0.3 is 10.1 Å². The fraction of sp³-hybridized carbons (Fsp3) is 0.115. The van der Waals surface area contributed by atoms with Crippen molar-refractivity contribution in [3.63, 3.8) is 0 Å². The zero-order chi connectivity index (χ0) is 23.7. The maximum Gasteiger partial charge on any atom is 0.335 e. The number of nitrogens with zero attached hydrogens (tertiary/aromatic N) is 4. The Bertz CT molecular complexity index is 1330. The lowest BCUT2D eigenvalue weighted by molar-refractivity contribution is 0.250. The van der Waals surface area contributed by atoms with Crippen LogP contribution in [0, 0.1) is 0 Å². The third-order valence-electron chi connectivity index (χ3n) is 5.70. The van der Waals surface area contributed by atoms with Crippen LogP contribution in [0.5, 0.6) is 5.75 Å². The van der Waals surface area contributed by atoms with Crippen molar-refractivity contribution in [2.24, 2.45) is 0 Å². The standard InChI is InChI=1S/C26H22ClN5O2/c1-17-21-16-28-25(29-18-9-5-3-6-10-18)30-24(21)32(19-11-7-4-8-12-19)26(33)31(17)23-15-20(34-2)13-14-22(23)27/h3-17H,1-2H3,(H,28,29,30). The SMILES string of the molecule is COc1ccc(Cl)c(N2C(=O)N(c3ccccc3)c3nc(Nc4ccccc4)ncc3C2C)c1. The Morgan fingerprint density at radius 3 is 2.41 bits per heavy atom. The van der Waals surface area contributed by atoms with E-state index in [-0.39, 0.29) is 12.1 Å². The topological polar surface area (TPSA) is 70.6 Å². The maximum atomic E-state index is 14.0. The smallest absolute Gasteiger partial charge is 0.335 e. The maximum absolute atomic E-state index is 14.0. The first-order valence-electron chi connectivity index (χ1n) is 10.8. The number of rotatable bonds is 5. The number of urea groups is 1. The Labute approximate surface area is 202 Å². The molecule has 4 aromatic rings.